The van der Waals surface area contributed by atoms with E-state index in [-0.39, 0.29) is 6.04 Å². The number of nitrogens with zero attached hydrogens (tertiary/aromatic N) is 3. The molecule has 0 aromatic heterocycles. The first-order chi connectivity index (χ1) is 12.4. The number of nitrogens with one attached hydrogen (secondary N) is 1. The number of amides is 1. The van der Waals surface area contributed by atoms with Crippen molar-refractivity contribution in [3.8, 4) is 5.75 Å². The minimum Gasteiger partial charge on any atom is -0.492 e. The van der Waals surface area contributed by atoms with Crippen LogP contribution >= 0.6 is 0 Å². The van der Waals surface area contributed by atoms with Crippen LogP contribution in [-0.2, 0) is 6.54 Å². The third-order valence-electron chi connectivity index (χ3n) is 4.71. The monoisotopic (exact) mass is 364 g/mol. The van der Waals surface area contributed by atoms with E-state index in [0.29, 0.717) is 13.2 Å². The Morgan fingerprint density at radius 2 is 1.92 bits per heavy atom. The highest BCUT2D eigenvalue weighted by atomic mass is 16.5. The van der Waals surface area contributed by atoms with Gasteiger partial charge in [0.2, 0.25) is 0 Å². The summed E-state index contributed by atoms with van der Waals surface area (Å²) >= 11 is 0. The summed E-state index contributed by atoms with van der Waals surface area (Å²) < 4.78 is 6.01. The van der Waals surface area contributed by atoms with Crippen LogP contribution in [0.15, 0.2) is 18.2 Å². The van der Waals surface area contributed by atoms with Gasteiger partial charge in [0, 0.05) is 37.9 Å². The molecular weight excluding hydrogens is 332 g/mol. The lowest BCUT2D eigenvalue weighted by atomic mass is 10.0. The number of piperidine rings is 1. The molecule has 1 aliphatic heterocycles. The van der Waals surface area contributed by atoms with Crippen LogP contribution < -0.4 is 15.0 Å². The molecule has 0 saturated carbocycles. The molecule has 0 radical (unpaired) electrons. The van der Waals surface area contributed by atoms with Gasteiger partial charge in [0.25, 0.3) is 0 Å². The van der Waals surface area contributed by atoms with Gasteiger partial charge in [0.05, 0.1) is 6.54 Å². The van der Waals surface area contributed by atoms with Crippen LogP contribution in [0.4, 0.5) is 10.5 Å². The number of carbonyl (C=O) groups is 1. The Labute approximate surface area is 156 Å². The molecule has 1 aliphatic rings. The van der Waals surface area contributed by atoms with Crippen molar-refractivity contribution in [3.63, 3.8) is 0 Å². The maximum absolute atomic E-state index is 11.9. The molecule has 1 saturated heterocycles. The van der Waals surface area contributed by atoms with Gasteiger partial charge in [-0.3, -0.25) is 0 Å². The summed E-state index contributed by atoms with van der Waals surface area (Å²) in [5, 5.41) is 13.1. The maximum atomic E-state index is 11.9. The van der Waals surface area contributed by atoms with Crippen molar-refractivity contribution in [2.45, 2.75) is 25.4 Å². The van der Waals surface area contributed by atoms with E-state index in [0.717, 1.165) is 49.5 Å². The SMILES string of the molecule is CN(C)CCOc1cccc(N(C)C)c1CN(C(=O)O)C1CCNCC1. The fourth-order valence-electron chi connectivity index (χ4n) is 3.25. The lowest BCUT2D eigenvalue weighted by Gasteiger charge is -2.34. The molecule has 1 heterocycles. The van der Waals surface area contributed by atoms with E-state index in [2.05, 4.69) is 10.2 Å². The van der Waals surface area contributed by atoms with E-state index in [1.54, 1.807) is 4.90 Å². The molecule has 0 atom stereocenters. The lowest BCUT2D eigenvalue weighted by Crippen LogP contribution is -2.45. The summed E-state index contributed by atoms with van der Waals surface area (Å²) in [6, 6.07) is 5.94. The quantitative estimate of drug-likeness (QED) is 0.735. The Bertz CT molecular complexity index is 586. The second-order valence-corrected chi connectivity index (χ2v) is 7.19. The highest BCUT2D eigenvalue weighted by molar-refractivity contribution is 5.67. The Kier molecular flexibility index (Phi) is 7.53. The van der Waals surface area contributed by atoms with Gasteiger partial charge in [0.15, 0.2) is 0 Å². The lowest BCUT2D eigenvalue weighted by molar-refractivity contribution is 0.108. The summed E-state index contributed by atoms with van der Waals surface area (Å²) in [6.45, 7) is 3.43. The van der Waals surface area contributed by atoms with Gasteiger partial charge in [-0.25, -0.2) is 4.79 Å². The number of benzene rings is 1. The first-order valence-corrected chi connectivity index (χ1v) is 9.17. The molecule has 7 nitrogen and oxygen atoms in total. The fraction of sp³-hybridized carbons (Fsp3) is 0.632. The summed E-state index contributed by atoms with van der Waals surface area (Å²) in [7, 11) is 7.95. The van der Waals surface area contributed by atoms with Crippen molar-refractivity contribution >= 4 is 11.8 Å². The van der Waals surface area contributed by atoms with Crippen LogP contribution in [0.25, 0.3) is 0 Å². The molecule has 0 spiro atoms. The molecule has 146 valence electrons. The van der Waals surface area contributed by atoms with Gasteiger partial charge in [-0.15, -0.1) is 0 Å². The molecule has 7 heteroatoms. The molecule has 2 rings (SSSR count). The number of ether oxygens (including phenoxy) is 1. The third-order valence-corrected chi connectivity index (χ3v) is 4.71. The molecule has 2 N–H and O–H groups in total. The van der Waals surface area contributed by atoms with Gasteiger partial charge >= 0.3 is 6.09 Å². The molecule has 26 heavy (non-hydrogen) atoms. The largest absolute Gasteiger partial charge is 0.492 e. The van der Waals surface area contributed by atoms with Gasteiger partial charge < -0.3 is 29.9 Å². The Hall–Kier alpha value is -1.99. The Morgan fingerprint density at radius 1 is 1.23 bits per heavy atom. The highest BCUT2D eigenvalue weighted by Crippen LogP contribution is 2.31. The van der Waals surface area contributed by atoms with Crippen LogP contribution in [0.2, 0.25) is 0 Å². The summed E-state index contributed by atoms with van der Waals surface area (Å²) in [4.78, 5) is 17.6. The molecule has 1 fully saturated rings. The van der Waals surface area contributed by atoms with Gasteiger partial charge in [-0.05, 0) is 52.2 Å². The first-order valence-electron chi connectivity index (χ1n) is 9.17. The fourth-order valence-corrected chi connectivity index (χ4v) is 3.25. The second kappa shape index (κ2) is 9.64. The Balaban J connectivity index is 2.26. The van der Waals surface area contributed by atoms with Crippen LogP contribution in [0.1, 0.15) is 18.4 Å². The maximum Gasteiger partial charge on any atom is 0.407 e. The van der Waals surface area contributed by atoms with Gasteiger partial charge in [-0.2, -0.15) is 0 Å². The van der Waals surface area contributed by atoms with Gasteiger partial charge in [0.1, 0.15) is 12.4 Å². The molecule has 0 bridgehead atoms. The average Bonchev–Trinajstić information content (AvgIpc) is 2.60. The van der Waals surface area contributed by atoms with E-state index in [9.17, 15) is 9.90 Å². The van der Waals surface area contributed by atoms with E-state index < -0.39 is 6.09 Å². The number of hydrogen-bond donors (Lipinski definition) is 2. The molecule has 0 aliphatic carbocycles. The molecule has 1 amide bonds. The van der Waals surface area contributed by atoms with E-state index in [1.807, 2.05) is 51.3 Å². The molecule has 0 unspecified atom stereocenters. The third kappa shape index (κ3) is 5.51. The number of anilines is 1. The average molecular weight is 364 g/mol. The second-order valence-electron chi connectivity index (χ2n) is 7.19. The number of carboxylic acid groups (broad SMARTS) is 1. The first kappa shape index (κ1) is 20.3. The summed E-state index contributed by atoms with van der Waals surface area (Å²) in [5.74, 6) is 0.762. The van der Waals surface area contributed by atoms with E-state index in [4.69, 9.17) is 4.74 Å². The number of likely N-dealkylation sites (N-methyl/N-ethyl adjacent to an activating group) is 1. The van der Waals surface area contributed by atoms with Crippen LogP contribution in [0, 0.1) is 0 Å². The van der Waals surface area contributed by atoms with Crippen LogP contribution in [0.3, 0.4) is 0 Å². The molecule has 1 aromatic rings. The zero-order valence-electron chi connectivity index (χ0n) is 16.4. The van der Waals surface area contributed by atoms with Crippen molar-refractivity contribution in [2.24, 2.45) is 0 Å². The van der Waals surface area contributed by atoms with Crippen molar-refractivity contribution in [3.05, 3.63) is 23.8 Å². The normalized spacial score (nSPS) is 15.1. The Morgan fingerprint density at radius 3 is 2.50 bits per heavy atom. The minimum absolute atomic E-state index is 0.0404. The van der Waals surface area contributed by atoms with Crippen molar-refractivity contribution in [1.29, 1.82) is 0 Å². The summed E-state index contributed by atoms with van der Waals surface area (Å²) in [6.07, 6.45) is 0.810. The van der Waals surface area contributed by atoms with Crippen LogP contribution in [-0.4, -0.2) is 81.5 Å². The predicted octanol–water partition coefficient (Wildman–Crippen LogP) is 1.92. The minimum atomic E-state index is -0.871. The zero-order chi connectivity index (χ0) is 19.1. The zero-order valence-corrected chi connectivity index (χ0v) is 16.4. The van der Waals surface area contributed by atoms with Crippen molar-refractivity contribution < 1.29 is 14.6 Å². The smallest absolute Gasteiger partial charge is 0.407 e. The summed E-state index contributed by atoms with van der Waals surface area (Å²) in [5.41, 5.74) is 1.92. The topological polar surface area (TPSA) is 68.3 Å². The standard InChI is InChI=1S/C19H32N4O3/c1-21(2)12-13-26-18-7-5-6-17(22(3)4)16(18)14-23(19(24)25)15-8-10-20-11-9-15/h5-7,15,20H,8-14H2,1-4H3,(H,24,25). The number of rotatable bonds is 8. The molecule has 1 aromatic carbocycles. The van der Waals surface area contributed by atoms with Gasteiger partial charge in [-0.1, -0.05) is 6.07 Å². The predicted molar refractivity (Wildman–Crippen MR) is 104 cm³/mol. The number of hydrogen-bond acceptors (Lipinski definition) is 5. The van der Waals surface area contributed by atoms with E-state index >= 15 is 0 Å². The molecular formula is C19H32N4O3. The van der Waals surface area contributed by atoms with Crippen molar-refractivity contribution in [1.82, 2.24) is 15.1 Å². The van der Waals surface area contributed by atoms with E-state index in [1.165, 1.54) is 0 Å². The van der Waals surface area contributed by atoms with Crippen molar-refractivity contribution in [2.75, 3.05) is 59.3 Å². The highest BCUT2D eigenvalue weighted by Gasteiger charge is 2.27. The van der Waals surface area contributed by atoms with Crippen LogP contribution in [0.5, 0.6) is 5.75 Å².